The molecule has 6 atom stereocenters. The van der Waals surface area contributed by atoms with Crippen molar-refractivity contribution in [3.8, 4) is 5.75 Å². The summed E-state index contributed by atoms with van der Waals surface area (Å²) in [6, 6.07) is 7.39. The number of nitrogens with zero attached hydrogens (tertiary/aromatic N) is 4. The van der Waals surface area contributed by atoms with Crippen LogP contribution in [0, 0.1) is 5.92 Å². The fourth-order valence-electron chi connectivity index (χ4n) is 4.08. The summed E-state index contributed by atoms with van der Waals surface area (Å²) in [5.41, 5.74) is 6.77. The third-order valence-electron chi connectivity index (χ3n) is 6.00. The van der Waals surface area contributed by atoms with Crippen LogP contribution in [0.1, 0.15) is 27.0 Å². The van der Waals surface area contributed by atoms with Crippen LogP contribution in [0.5, 0.6) is 5.75 Å². The third-order valence-corrected chi connectivity index (χ3v) is 7.65. The van der Waals surface area contributed by atoms with Crippen LogP contribution >= 0.6 is 7.75 Å². The monoisotopic (exact) mass is 549 g/mol. The van der Waals surface area contributed by atoms with Crippen molar-refractivity contribution in [2.75, 3.05) is 31.3 Å². The fraction of sp³-hybridized carbons (Fsp3) is 0.478. The Morgan fingerprint density at radius 3 is 2.74 bits per heavy atom. The second-order valence-electron chi connectivity index (χ2n) is 8.72. The zero-order valence-corrected chi connectivity index (χ0v) is 22.4. The zero-order valence-electron chi connectivity index (χ0n) is 21.5. The van der Waals surface area contributed by atoms with Gasteiger partial charge in [-0.05, 0) is 26.0 Å². The number of esters is 1. The first-order valence-electron chi connectivity index (χ1n) is 12.1. The Kier molecular flexibility index (Phi) is 8.48. The Hall–Kier alpha value is -3.29. The van der Waals surface area contributed by atoms with Gasteiger partial charge in [0.15, 0.2) is 17.0 Å². The van der Waals surface area contributed by atoms with Crippen molar-refractivity contribution in [3.63, 3.8) is 0 Å². The molecule has 0 spiro atoms. The molecule has 1 fully saturated rings. The number of fused-ring (bicyclic) bond motifs is 1. The van der Waals surface area contributed by atoms with Crippen molar-refractivity contribution >= 4 is 36.6 Å². The lowest BCUT2D eigenvalue weighted by atomic mass is 10.0. The first kappa shape index (κ1) is 27.7. The van der Waals surface area contributed by atoms with Crippen LogP contribution in [0.3, 0.4) is 0 Å². The number of imidazole rings is 1. The number of ether oxygens (including phenoxy) is 2. The Labute approximate surface area is 219 Å². The van der Waals surface area contributed by atoms with Gasteiger partial charge in [0.1, 0.15) is 24.1 Å². The van der Waals surface area contributed by atoms with Crippen LogP contribution in [0.25, 0.3) is 11.2 Å². The first-order chi connectivity index (χ1) is 18.2. The van der Waals surface area contributed by atoms with Crippen LogP contribution in [-0.2, 0) is 23.4 Å². The van der Waals surface area contributed by atoms with Crippen molar-refractivity contribution in [1.29, 1.82) is 0 Å². The highest BCUT2D eigenvalue weighted by atomic mass is 31.2. The van der Waals surface area contributed by atoms with Crippen molar-refractivity contribution in [1.82, 2.24) is 24.6 Å². The molecule has 1 saturated heterocycles. The maximum atomic E-state index is 13.7. The maximum absolute atomic E-state index is 13.7. The summed E-state index contributed by atoms with van der Waals surface area (Å²) in [5.74, 6) is -0.265. The maximum Gasteiger partial charge on any atom is 0.459 e. The van der Waals surface area contributed by atoms with E-state index in [1.54, 1.807) is 55.8 Å². The quantitative estimate of drug-likeness (QED) is 0.201. The van der Waals surface area contributed by atoms with E-state index in [0.717, 1.165) is 0 Å². The molecule has 3 heterocycles. The number of nitrogens with one attached hydrogen (secondary N) is 2. The van der Waals surface area contributed by atoms with Crippen molar-refractivity contribution in [2.45, 2.75) is 45.2 Å². The molecule has 0 amide bonds. The predicted molar refractivity (Wildman–Crippen MR) is 138 cm³/mol. The van der Waals surface area contributed by atoms with E-state index < -0.39 is 44.1 Å². The Morgan fingerprint density at radius 1 is 1.32 bits per heavy atom. The van der Waals surface area contributed by atoms with E-state index >= 15 is 0 Å². The summed E-state index contributed by atoms with van der Waals surface area (Å²) in [7, 11) is -2.42. The molecule has 0 radical (unpaired) electrons. The molecule has 5 N–H and O–H groups in total. The molecule has 0 aliphatic carbocycles. The van der Waals surface area contributed by atoms with Crippen molar-refractivity contribution in [2.24, 2.45) is 5.92 Å². The number of rotatable bonds is 11. The lowest BCUT2D eigenvalue weighted by Crippen LogP contribution is -2.36. The molecule has 4 rings (SSSR count). The molecule has 15 heteroatoms. The van der Waals surface area contributed by atoms with Crippen LogP contribution in [0.2, 0.25) is 0 Å². The summed E-state index contributed by atoms with van der Waals surface area (Å²) >= 11 is 0. The Balaban J connectivity index is 1.53. The number of aliphatic hydroxyl groups is 1. The molecule has 3 aromatic rings. The van der Waals surface area contributed by atoms with Gasteiger partial charge in [0.25, 0.3) is 0 Å². The second-order valence-corrected chi connectivity index (χ2v) is 10.4. The van der Waals surface area contributed by atoms with E-state index in [-0.39, 0.29) is 24.9 Å². The molecule has 1 aliphatic heterocycles. The van der Waals surface area contributed by atoms with Gasteiger partial charge in [0.05, 0.1) is 25.6 Å². The summed E-state index contributed by atoms with van der Waals surface area (Å²) in [5, 5.41) is 16.5. The van der Waals surface area contributed by atoms with E-state index in [1.807, 2.05) is 0 Å². The lowest BCUT2D eigenvalue weighted by Gasteiger charge is -2.24. The van der Waals surface area contributed by atoms with Crippen LogP contribution in [0.4, 0.5) is 11.8 Å². The molecule has 2 aromatic heterocycles. The molecule has 1 aliphatic rings. The van der Waals surface area contributed by atoms with E-state index in [0.29, 0.717) is 17.0 Å². The first-order valence-corrected chi connectivity index (χ1v) is 13.6. The average molecular weight is 550 g/mol. The molecule has 0 bridgehead atoms. The van der Waals surface area contributed by atoms with Crippen LogP contribution in [0.15, 0.2) is 36.7 Å². The fourth-order valence-corrected chi connectivity index (χ4v) is 5.58. The second kappa shape index (κ2) is 11.6. The molecule has 0 unspecified atom stereocenters. The number of para-hydroxylation sites is 1. The highest BCUT2D eigenvalue weighted by Gasteiger charge is 2.44. The standard InChI is InChI=1S/C23H32N7O7P/c1-5-34-22(32)14(3)29-38(33,37-15-9-7-6-8-10-15)35-11-16-18(31)13(2)21(36-16)30-12-26-17-19(25-4)27-23(24)28-20(17)30/h6-10,12-14,16,18,21,31H,5,11H2,1-4H3,(H,29,33)(H3,24,25,27,28)/t13-,14+,16+,18-,21+,38+/m0/s1. The van der Waals surface area contributed by atoms with Gasteiger partial charge in [-0.25, -0.2) is 9.55 Å². The number of aliphatic hydroxyl groups excluding tert-OH is 1. The molecule has 1 aromatic carbocycles. The van der Waals surface area contributed by atoms with Gasteiger partial charge in [-0.3, -0.25) is 13.9 Å². The van der Waals surface area contributed by atoms with E-state index in [1.165, 1.54) is 13.3 Å². The Bertz CT molecular complexity index is 1310. The van der Waals surface area contributed by atoms with Crippen LogP contribution < -0.4 is 20.7 Å². The van der Waals surface area contributed by atoms with Crippen molar-refractivity contribution < 1.29 is 33.0 Å². The van der Waals surface area contributed by atoms with Gasteiger partial charge in [-0.2, -0.15) is 15.1 Å². The minimum absolute atomic E-state index is 0.0514. The SMILES string of the molecule is CCOC(=O)[C@@H](C)N[P@@](=O)(OC[C@H]1O[C@@H](n2cnc3c(NC)nc(N)nc32)[C@@H](C)[C@@H]1O)Oc1ccccc1. The van der Waals surface area contributed by atoms with E-state index in [9.17, 15) is 14.5 Å². The molecule has 206 valence electrons. The number of aromatic nitrogens is 4. The number of nitrogens with two attached hydrogens (primary N) is 1. The minimum Gasteiger partial charge on any atom is -0.465 e. The number of hydrogen-bond donors (Lipinski definition) is 4. The number of carbonyl (C=O) groups excluding carboxylic acids is 1. The van der Waals surface area contributed by atoms with Gasteiger partial charge in [-0.15, -0.1) is 0 Å². The number of carbonyl (C=O) groups is 1. The molecular weight excluding hydrogens is 517 g/mol. The number of hydrogen-bond acceptors (Lipinski definition) is 12. The van der Waals surface area contributed by atoms with Gasteiger partial charge in [-0.1, -0.05) is 25.1 Å². The van der Waals surface area contributed by atoms with Gasteiger partial charge in [0, 0.05) is 13.0 Å². The number of nitrogen functional groups attached to an aromatic ring is 1. The molecular formula is C23H32N7O7P. The number of anilines is 2. The molecule has 38 heavy (non-hydrogen) atoms. The summed E-state index contributed by atoms with van der Waals surface area (Å²) in [6.07, 6.45) is -1.03. The summed E-state index contributed by atoms with van der Waals surface area (Å²) in [4.78, 5) is 24.9. The van der Waals surface area contributed by atoms with Crippen LogP contribution in [-0.4, -0.2) is 69.1 Å². The zero-order chi connectivity index (χ0) is 27.4. The third kappa shape index (κ3) is 5.89. The van der Waals surface area contributed by atoms with Gasteiger partial charge >= 0.3 is 13.7 Å². The van der Waals surface area contributed by atoms with Crippen molar-refractivity contribution in [3.05, 3.63) is 36.7 Å². The highest BCUT2D eigenvalue weighted by molar-refractivity contribution is 7.52. The summed E-state index contributed by atoms with van der Waals surface area (Å²) in [6.45, 7) is 4.80. The summed E-state index contributed by atoms with van der Waals surface area (Å²) < 4.78 is 37.8. The van der Waals surface area contributed by atoms with E-state index in [4.69, 9.17) is 24.3 Å². The molecule has 0 saturated carbocycles. The minimum atomic E-state index is -4.12. The highest BCUT2D eigenvalue weighted by Crippen LogP contribution is 2.46. The topological polar surface area (TPSA) is 185 Å². The number of benzene rings is 1. The predicted octanol–water partition coefficient (Wildman–Crippen LogP) is 2.09. The van der Waals surface area contributed by atoms with E-state index in [2.05, 4.69) is 25.4 Å². The van der Waals surface area contributed by atoms with Gasteiger partial charge < -0.3 is 30.2 Å². The Morgan fingerprint density at radius 2 is 2.05 bits per heavy atom. The average Bonchev–Trinajstić information content (AvgIpc) is 3.43. The normalized spacial score (nSPS) is 23.6. The van der Waals surface area contributed by atoms with Gasteiger partial charge in [0.2, 0.25) is 5.95 Å². The smallest absolute Gasteiger partial charge is 0.459 e. The lowest BCUT2D eigenvalue weighted by molar-refractivity contribution is -0.144. The largest absolute Gasteiger partial charge is 0.465 e. The molecule has 14 nitrogen and oxygen atoms in total.